The van der Waals surface area contributed by atoms with Crippen LogP contribution in [0.3, 0.4) is 0 Å². The molecule has 0 amide bonds. The second-order valence-corrected chi connectivity index (χ2v) is 4.80. The summed E-state index contributed by atoms with van der Waals surface area (Å²) in [4.78, 5) is 18.9. The number of nitrogens with one attached hydrogen (secondary N) is 1. The van der Waals surface area contributed by atoms with E-state index >= 15 is 0 Å². The summed E-state index contributed by atoms with van der Waals surface area (Å²) in [5.74, 6) is 0.420. The molecule has 0 aliphatic heterocycles. The fourth-order valence-corrected chi connectivity index (χ4v) is 1.98. The Morgan fingerprint density at radius 3 is 2.75 bits per heavy atom. The Morgan fingerprint density at radius 2 is 2.12 bits per heavy atom. The van der Waals surface area contributed by atoms with Crippen LogP contribution in [-0.4, -0.2) is 16.2 Å². The van der Waals surface area contributed by atoms with Crippen molar-refractivity contribution in [3.63, 3.8) is 0 Å². The molecule has 0 unspecified atom stereocenters. The lowest BCUT2D eigenvalue weighted by molar-refractivity contribution is 0.867. The van der Waals surface area contributed by atoms with Gasteiger partial charge in [-0.05, 0) is 29.9 Å². The molecule has 0 spiro atoms. The van der Waals surface area contributed by atoms with Crippen molar-refractivity contribution in [2.75, 3.05) is 6.26 Å². The summed E-state index contributed by atoms with van der Waals surface area (Å²) in [6.07, 6.45) is 1.90. The summed E-state index contributed by atoms with van der Waals surface area (Å²) in [5.41, 5.74) is 1.87. The number of fused-ring (bicyclic) bond motifs is 1. The Labute approximate surface area is 98.3 Å². The van der Waals surface area contributed by atoms with Crippen LogP contribution in [0, 0.1) is 0 Å². The zero-order chi connectivity index (χ0) is 11.7. The van der Waals surface area contributed by atoms with Crippen molar-refractivity contribution < 1.29 is 0 Å². The number of aromatic nitrogens is 2. The Bertz CT molecular complexity index is 575. The number of hydrogen-bond acceptors (Lipinski definition) is 3. The molecule has 0 aliphatic rings. The van der Waals surface area contributed by atoms with Crippen LogP contribution in [0.5, 0.6) is 0 Å². The Hall–Kier alpha value is -1.29. The normalized spacial score (nSPS) is 11.2. The van der Waals surface area contributed by atoms with Crippen molar-refractivity contribution in [1.29, 1.82) is 0 Å². The van der Waals surface area contributed by atoms with E-state index in [2.05, 4.69) is 23.8 Å². The van der Waals surface area contributed by atoms with Crippen LogP contribution in [0.2, 0.25) is 0 Å². The molecule has 0 saturated heterocycles. The summed E-state index contributed by atoms with van der Waals surface area (Å²) in [5, 5.41) is 1.33. The van der Waals surface area contributed by atoms with Crippen molar-refractivity contribution in [1.82, 2.24) is 9.97 Å². The number of rotatable bonds is 2. The van der Waals surface area contributed by atoms with Gasteiger partial charge in [0.25, 0.3) is 5.56 Å². The molecule has 1 aromatic heterocycles. The first-order valence-electron chi connectivity index (χ1n) is 5.20. The molecule has 0 atom stereocenters. The maximum absolute atomic E-state index is 11.8. The van der Waals surface area contributed by atoms with Crippen molar-refractivity contribution in [2.24, 2.45) is 0 Å². The van der Waals surface area contributed by atoms with Gasteiger partial charge >= 0.3 is 0 Å². The zero-order valence-electron chi connectivity index (χ0n) is 9.57. The van der Waals surface area contributed by atoms with E-state index in [1.54, 1.807) is 0 Å². The van der Waals surface area contributed by atoms with Crippen molar-refractivity contribution in [3.8, 4) is 0 Å². The van der Waals surface area contributed by atoms with E-state index in [0.717, 1.165) is 11.1 Å². The second-order valence-electron chi connectivity index (χ2n) is 4.01. The third-order valence-corrected chi connectivity index (χ3v) is 3.15. The predicted molar refractivity (Wildman–Crippen MR) is 68.2 cm³/mol. The first-order chi connectivity index (χ1) is 7.61. The predicted octanol–water partition coefficient (Wildman–Crippen LogP) is 2.77. The highest BCUT2D eigenvalue weighted by Gasteiger charge is 2.06. The molecule has 16 heavy (non-hydrogen) atoms. The molecule has 0 saturated carbocycles. The van der Waals surface area contributed by atoms with E-state index in [1.807, 2.05) is 24.5 Å². The lowest BCUT2D eigenvalue weighted by Gasteiger charge is -2.06. The highest BCUT2D eigenvalue weighted by Crippen LogP contribution is 2.19. The molecular weight excluding hydrogens is 220 g/mol. The van der Waals surface area contributed by atoms with Gasteiger partial charge in [0, 0.05) is 0 Å². The van der Waals surface area contributed by atoms with Gasteiger partial charge in [0.15, 0.2) is 5.16 Å². The Kier molecular flexibility index (Phi) is 3.01. The number of thioether (sulfide) groups is 1. The van der Waals surface area contributed by atoms with E-state index in [0.29, 0.717) is 16.5 Å². The molecule has 1 heterocycles. The lowest BCUT2D eigenvalue weighted by atomic mass is 10.0. The quantitative estimate of drug-likeness (QED) is 0.642. The fraction of sp³-hybridized carbons (Fsp3) is 0.333. The molecule has 0 aliphatic carbocycles. The van der Waals surface area contributed by atoms with Crippen molar-refractivity contribution >= 4 is 22.7 Å². The maximum Gasteiger partial charge on any atom is 0.259 e. The van der Waals surface area contributed by atoms with Crippen LogP contribution >= 0.6 is 11.8 Å². The Balaban J connectivity index is 2.71. The van der Waals surface area contributed by atoms with E-state index in [9.17, 15) is 4.79 Å². The first-order valence-corrected chi connectivity index (χ1v) is 6.42. The molecule has 0 radical (unpaired) electrons. The first kappa shape index (κ1) is 11.2. The topological polar surface area (TPSA) is 45.8 Å². The SMILES string of the molecule is CSc1nc2ccc(C(C)C)cc2c(=O)[nH]1. The van der Waals surface area contributed by atoms with Gasteiger partial charge in [-0.25, -0.2) is 4.98 Å². The van der Waals surface area contributed by atoms with Crippen LogP contribution in [0.1, 0.15) is 25.3 Å². The minimum Gasteiger partial charge on any atom is -0.301 e. The summed E-state index contributed by atoms with van der Waals surface area (Å²) in [7, 11) is 0. The molecule has 0 bridgehead atoms. The third kappa shape index (κ3) is 1.97. The van der Waals surface area contributed by atoms with E-state index in [1.165, 1.54) is 11.8 Å². The monoisotopic (exact) mass is 234 g/mol. The van der Waals surface area contributed by atoms with Crippen molar-refractivity contribution in [3.05, 3.63) is 34.1 Å². The lowest BCUT2D eigenvalue weighted by Crippen LogP contribution is -2.09. The van der Waals surface area contributed by atoms with Gasteiger partial charge in [-0.2, -0.15) is 0 Å². The summed E-state index contributed by atoms with van der Waals surface area (Å²) < 4.78 is 0. The molecule has 2 rings (SSSR count). The smallest absolute Gasteiger partial charge is 0.259 e. The summed E-state index contributed by atoms with van der Waals surface area (Å²) in [6.45, 7) is 4.22. The van der Waals surface area contributed by atoms with Gasteiger partial charge in [0.05, 0.1) is 10.9 Å². The molecule has 3 nitrogen and oxygen atoms in total. The maximum atomic E-state index is 11.8. The average Bonchev–Trinajstić information content (AvgIpc) is 2.28. The zero-order valence-corrected chi connectivity index (χ0v) is 10.4. The van der Waals surface area contributed by atoms with Gasteiger partial charge in [-0.1, -0.05) is 31.7 Å². The molecular formula is C12H14N2OS. The Morgan fingerprint density at radius 1 is 1.38 bits per heavy atom. The standard InChI is InChI=1S/C12H14N2OS/c1-7(2)8-4-5-10-9(6-8)11(15)14-12(13-10)16-3/h4-7H,1-3H3,(H,13,14,15). The fourth-order valence-electron chi connectivity index (χ4n) is 1.59. The molecule has 1 aromatic carbocycles. The van der Waals surface area contributed by atoms with Gasteiger partial charge in [0.1, 0.15) is 0 Å². The second kappa shape index (κ2) is 4.29. The van der Waals surface area contributed by atoms with Gasteiger partial charge in [0.2, 0.25) is 0 Å². The number of benzene rings is 1. The average molecular weight is 234 g/mol. The highest BCUT2D eigenvalue weighted by molar-refractivity contribution is 7.98. The van der Waals surface area contributed by atoms with Crippen LogP contribution in [0.4, 0.5) is 0 Å². The van der Waals surface area contributed by atoms with E-state index in [4.69, 9.17) is 0 Å². The van der Waals surface area contributed by atoms with Gasteiger partial charge < -0.3 is 4.98 Å². The minimum absolute atomic E-state index is 0.0585. The van der Waals surface area contributed by atoms with E-state index < -0.39 is 0 Å². The van der Waals surface area contributed by atoms with Crippen LogP contribution in [-0.2, 0) is 0 Å². The van der Waals surface area contributed by atoms with Gasteiger partial charge in [-0.15, -0.1) is 0 Å². The van der Waals surface area contributed by atoms with E-state index in [-0.39, 0.29) is 5.56 Å². The third-order valence-electron chi connectivity index (χ3n) is 2.57. The largest absolute Gasteiger partial charge is 0.301 e. The number of aromatic amines is 1. The minimum atomic E-state index is -0.0585. The van der Waals surface area contributed by atoms with Crippen LogP contribution in [0.25, 0.3) is 10.9 Å². The summed E-state index contributed by atoms with van der Waals surface area (Å²) >= 11 is 1.44. The summed E-state index contributed by atoms with van der Waals surface area (Å²) in [6, 6.07) is 5.87. The molecule has 0 fully saturated rings. The van der Waals surface area contributed by atoms with Gasteiger partial charge in [-0.3, -0.25) is 4.79 Å². The molecule has 2 aromatic rings. The van der Waals surface area contributed by atoms with Crippen LogP contribution < -0.4 is 5.56 Å². The number of H-pyrrole nitrogens is 1. The molecule has 1 N–H and O–H groups in total. The van der Waals surface area contributed by atoms with Crippen molar-refractivity contribution in [2.45, 2.75) is 24.9 Å². The molecule has 84 valence electrons. The van der Waals surface area contributed by atoms with Crippen LogP contribution in [0.15, 0.2) is 28.2 Å². The number of nitrogens with zero attached hydrogens (tertiary/aromatic N) is 1. The molecule has 4 heteroatoms. The number of hydrogen-bond donors (Lipinski definition) is 1. The highest BCUT2D eigenvalue weighted by atomic mass is 32.2.